The zero-order valence-electron chi connectivity index (χ0n) is 11.2. The largest absolute Gasteiger partial charge is 0.417 e. The van der Waals surface area contributed by atoms with Crippen molar-refractivity contribution in [2.75, 3.05) is 5.73 Å². The second-order valence-electron chi connectivity index (χ2n) is 4.62. The average molecular weight is 302 g/mol. The van der Waals surface area contributed by atoms with Crippen LogP contribution in [0.4, 0.5) is 10.1 Å². The summed E-state index contributed by atoms with van der Waals surface area (Å²) in [5, 5.41) is 2.62. The normalized spacial score (nSPS) is 10.8. The Morgan fingerprint density at radius 3 is 3.00 bits per heavy atom. The maximum atomic E-state index is 12.9. The van der Waals surface area contributed by atoms with E-state index in [0.717, 1.165) is 17.8 Å². The number of fused-ring (bicyclic) bond motifs is 1. The zero-order chi connectivity index (χ0) is 15.7. The minimum atomic E-state index is -0.608. The van der Waals surface area contributed by atoms with Gasteiger partial charge in [0.1, 0.15) is 5.82 Å². The lowest BCUT2D eigenvalue weighted by atomic mass is 10.2. The quantitative estimate of drug-likeness (QED) is 0.672. The number of hydrogen-bond donors (Lipinski definition) is 3. The van der Waals surface area contributed by atoms with Crippen molar-refractivity contribution in [3.8, 4) is 0 Å². The van der Waals surface area contributed by atoms with Crippen LogP contribution in [-0.2, 0) is 6.54 Å². The van der Waals surface area contributed by atoms with E-state index in [1.165, 1.54) is 0 Å². The molecule has 0 aliphatic heterocycles. The van der Waals surface area contributed by atoms with Gasteiger partial charge >= 0.3 is 5.76 Å². The first-order valence-electron chi connectivity index (χ1n) is 6.34. The second-order valence-corrected chi connectivity index (χ2v) is 4.62. The Kier molecular flexibility index (Phi) is 3.34. The van der Waals surface area contributed by atoms with Crippen LogP contribution in [0.15, 0.2) is 39.7 Å². The highest BCUT2D eigenvalue weighted by atomic mass is 19.1. The van der Waals surface area contributed by atoms with E-state index in [4.69, 9.17) is 10.2 Å². The van der Waals surface area contributed by atoms with E-state index >= 15 is 0 Å². The molecule has 0 saturated heterocycles. The number of anilines is 1. The topological polar surface area (TPSA) is 114 Å². The monoisotopic (exact) mass is 302 g/mol. The first-order chi connectivity index (χ1) is 10.5. The molecule has 2 heterocycles. The number of hydrogen-bond acceptors (Lipinski definition) is 5. The minimum absolute atomic E-state index is 0.0351. The van der Waals surface area contributed by atoms with Crippen molar-refractivity contribution in [3.63, 3.8) is 0 Å². The minimum Gasteiger partial charge on any atom is -0.408 e. The van der Waals surface area contributed by atoms with E-state index in [9.17, 15) is 14.0 Å². The fraction of sp³-hybridized carbons (Fsp3) is 0.0714. The van der Waals surface area contributed by atoms with Gasteiger partial charge in [-0.2, -0.15) is 0 Å². The summed E-state index contributed by atoms with van der Waals surface area (Å²) < 4.78 is 17.8. The highest BCUT2D eigenvalue weighted by Gasteiger charge is 2.12. The zero-order valence-corrected chi connectivity index (χ0v) is 11.2. The lowest BCUT2D eigenvalue weighted by Crippen LogP contribution is -2.25. The van der Waals surface area contributed by atoms with E-state index in [0.29, 0.717) is 11.1 Å². The van der Waals surface area contributed by atoms with Crippen molar-refractivity contribution in [2.24, 2.45) is 0 Å². The van der Waals surface area contributed by atoms with Crippen LogP contribution in [0.5, 0.6) is 0 Å². The summed E-state index contributed by atoms with van der Waals surface area (Å²) in [5.41, 5.74) is 7.20. The van der Waals surface area contributed by atoms with Crippen LogP contribution >= 0.6 is 0 Å². The van der Waals surface area contributed by atoms with Crippen LogP contribution in [-0.4, -0.2) is 15.9 Å². The molecular weight excluding hydrogens is 291 g/mol. The number of carbonyl (C=O) groups excluding carboxylic acids is 1. The molecule has 0 unspecified atom stereocenters. The fourth-order valence-corrected chi connectivity index (χ4v) is 2.02. The van der Waals surface area contributed by atoms with E-state index in [2.05, 4.69) is 15.3 Å². The lowest BCUT2D eigenvalue weighted by Gasteiger charge is -2.06. The van der Waals surface area contributed by atoms with Crippen molar-refractivity contribution >= 4 is 22.7 Å². The Morgan fingerprint density at radius 1 is 1.41 bits per heavy atom. The molecule has 4 N–H and O–H groups in total. The Balaban J connectivity index is 1.75. The predicted molar refractivity (Wildman–Crippen MR) is 76.6 cm³/mol. The van der Waals surface area contributed by atoms with Gasteiger partial charge in [0.05, 0.1) is 17.4 Å². The molecule has 0 spiro atoms. The Labute approximate surface area is 123 Å². The molecule has 0 atom stereocenters. The number of halogens is 1. The molecule has 2 aromatic heterocycles. The number of benzene rings is 1. The number of nitrogens with two attached hydrogens (primary N) is 1. The molecule has 1 amide bonds. The van der Waals surface area contributed by atoms with Gasteiger partial charge in [0.15, 0.2) is 11.3 Å². The second kappa shape index (κ2) is 5.32. The number of nitrogens with one attached hydrogen (secondary N) is 2. The maximum Gasteiger partial charge on any atom is 0.417 e. The number of aromatic nitrogens is 2. The van der Waals surface area contributed by atoms with Gasteiger partial charge in [-0.05, 0) is 17.7 Å². The Hall–Kier alpha value is -3.16. The number of H-pyrrole nitrogens is 1. The van der Waals surface area contributed by atoms with Gasteiger partial charge in [0, 0.05) is 12.6 Å². The number of nitrogen functional groups attached to an aromatic ring is 1. The van der Waals surface area contributed by atoms with E-state index in [1.807, 2.05) is 0 Å². The molecule has 112 valence electrons. The standard InChI is InChI=1S/C14H11FN4O3/c15-8-4-9(16)12(17-6-8)13(20)18-5-7-1-2-11-10(3-7)19-14(21)22-11/h1-4,6H,5,16H2,(H,18,20)(H,19,21). The van der Waals surface area contributed by atoms with Gasteiger partial charge in [-0.25, -0.2) is 14.2 Å². The van der Waals surface area contributed by atoms with Gasteiger partial charge in [-0.1, -0.05) is 6.07 Å². The highest BCUT2D eigenvalue weighted by Crippen LogP contribution is 2.13. The van der Waals surface area contributed by atoms with Crippen molar-refractivity contribution in [3.05, 3.63) is 58.1 Å². The number of pyridine rings is 1. The molecule has 7 nitrogen and oxygen atoms in total. The SMILES string of the molecule is Nc1cc(F)cnc1C(=O)NCc1ccc2oc(=O)[nH]c2c1. The molecule has 22 heavy (non-hydrogen) atoms. The van der Waals surface area contributed by atoms with Gasteiger partial charge in [-0.15, -0.1) is 0 Å². The molecule has 0 fully saturated rings. The van der Waals surface area contributed by atoms with Crippen molar-refractivity contribution in [2.45, 2.75) is 6.54 Å². The van der Waals surface area contributed by atoms with E-state index in [-0.39, 0.29) is 17.9 Å². The van der Waals surface area contributed by atoms with Crippen LogP contribution in [0, 0.1) is 5.82 Å². The summed E-state index contributed by atoms with van der Waals surface area (Å²) in [7, 11) is 0. The first kappa shape index (κ1) is 13.8. The van der Waals surface area contributed by atoms with Gasteiger partial charge in [0.25, 0.3) is 5.91 Å². The number of nitrogens with zero attached hydrogens (tertiary/aromatic N) is 1. The Bertz CT molecular complexity index is 916. The molecule has 0 radical (unpaired) electrons. The van der Waals surface area contributed by atoms with Crippen molar-refractivity contribution in [1.82, 2.24) is 15.3 Å². The smallest absolute Gasteiger partial charge is 0.408 e. The van der Waals surface area contributed by atoms with E-state index in [1.54, 1.807) is 18.2 Å². The molecule has 0 saturated carbocycles. The van der Waals surface area contributed by atoms with Gasteiger partial charge in [-0.3, -0.25) is 9.78 Å². The molecule has 0 bridgehead atoms. The summed E-state index contributed by atoms with van der Waals surface area (Å²) in [5.74, 6) is -1.67. The summed E-state index contributed by atoms with van der Waals surface area (Å²) in [6.07, 6.45) is 0.924. The average Bonchev–Trinajstić information content (AvgIpc) is 2.84. The Morgan fingerprint density at radius 2 is 2.23 bits per heavy atom. The molecule has 8 heteroatoms. The number of aromatic amines is 1. The van der Waals surface area contributed by atoms with Gasteiger partial charge in [0.2, 0.25) is 0 Å². The molecular formula is C14H11FN4O3. The van der Waals surface area contributed by atoms with Gasteiger partial charge < -0.3 is 15.5 Å². The third kappa shape index (κ3) is 2.66. The van der Waals surface area contributed by atoms with Crippen LogP contribution in [0.3, 0.4) is 0 Å². The third-order valence-corrected chi connectivity index (χ3v) is 3.04. The lowest BCUT2D eigenvalue weighted by molar-refractivity contribution is 0.0947. The number of rotatable bonds is 3. The molecule has 3 rings (SSSR count). The highest BCUT2D eigenvalue weighted by molar-refractivity contribution is 5.97. The summed E-state index contributed by atoms with van der Waals surface area (Å²) in [4.78, 5) is 29.2. The maximum absolute atomic E-state index is 12.9. The first-order valence-corrected chi connectivity index (χ1v) is 6.34. The fourth-order valence-electron chi connectivity index (χ4n) is 2.02. The number of amides is 1. The van der Waals surface area contributed by atoms with Crippen LogP contribution in [0.25, 0.3) is 11.1 Å². The van der Waals surface area contributed by atoms with E-state index < -0.39 is 17.5 Å². The summed E-state index contributed by atoms with van der Waals surface area (Å²) in [6.45, 7) is 0.195. The summed E-state index contributed by atoms with van der Waals surface area (Å²) in [6, 6.07) is 6.05. The van der Waals surface area contributed by atoms with Crippen molar-refractivity contribution in [1.29, 1.82) is 0 Å². The third-order valence-electron chi connectivity index (χ3n) is 3.04. The molecule has 1 aromatic carbocycles. The summed E-state index contributed by atoms with van der Waals surface area (Å²) >= 11 is 0. The van der Waals surface area contributed by atoms with Crippen LogP contribution < -0.4 is 16.8 Å². The molecule has 0 aliphatic carbocycles. The van der Waals surface area contributed by atoms with Crippen molar-refractivity contribution < 1.29 is 13.6 Å². The van der Waals surface area contributed by atoms with Crippen LogP contribution in [0.2, 0.25) is 0 Å². The molecule has 3 aromatic rings. The predicted octanol–water partition coefficient (Wildman–Crippen LogP) is 1.17. The number of oxazole rings is 1. The van der Waals surface area contributed by atoms with Crippen LogP contribution in [0.1, 0.15) is 16.1 Å². The number of carbonyl (C=O) groups is 1. The molecule has 0 aliphatic rings.